The zero-order chi connectivity index (χ0) is 11.5. The molecule has 2 nitrogen and oxygen atoms in total. The van der Waals surface area contributed by atoms with Gasteiger partial charge in [0.2, 0.25) is 0 Å². The van der Waals surface area contributed by atoms with Crippen LogP contribution in [0.5, 0.6) is 0 Å². The molecule has 0 bridgehead atoms. The maximum absolute atomic E-state index is 2.78. The van der Waals surface area contributed by atoms with E-state index in [-0.39, 0.29) is 0 Å². The normalized spacial score (nSPS) is 33.9. The van der Waals surface area contributed by atoms with Gasteiger partial charge in [-0.25, -0.2) is 0 Å². The number of hydrogen-bond acceptors (Lipinski definition) is 3. The highest BCUT2D eigenvalue weighted by molar-refractivity contribution is 7.98. The molecule has 94 valence electrons. The second-order valence-electron chi connectivity index (χ2n) is 5.35. The predicted molar refractivity (Wildman–Crippen MR) is 73.2 cm³/mol. The van der Waals surface area contributed by atoms with Crippen LogP contribution in [-0.4, -0.2) is 59.6 Å². The summed E-state index contributed by atoms with van der Waals surface area (Å²) in [6, 6.07) is 2.42. The molecule has 0 aromatic heterocycles. The number of piperazine rings is 1. The molecule has 0 spiro atoms. The van der Waals surface area contributed by atoms with E-state index in [2.05, 4.69) is 29.9 Å². The monoisotopic (exact) mass is 242 g/mol. The van der Waals surface area contributed by atoms with Crippen molar-refractivity contribution >= 4 is 11.8 Å². The summed E-state index contributed by atoms with van der Waals surface area (Å²) in [7, 11) is 0. The maximum Gasteiger partial charge on any atom is 0.0224 e. The van der Waals surface area contributed by atoms with Gasteiger partial charge in [0.25, 0.3) is 0 Å². The molecule has 2 aliphatic rings. The highest BCUT2D eigenvalue weighted by Crippen LogP contribution is 2.27. The molecule has 2 heterocycles. The zero-order valence-corrected chi connectivity index (χ0v) is 11.8. The van der Waals surface area contributed by atoms with Crippen LogP contribution in [0.2, 0.25) is 0 Å². The Labute approximate surface area is 105 Å². The van der Waals surface area contributed by atoms with E-state index in [0.717, 1.165) is 18.1 Å². The number of rotatable bonds is 4. The molecule has 2 aliphatic heterocycles. The van der Waals surface area contributed by atoms with E-state index in [9.17, 15) is 0 Å². The third-order valence-electron chi connectivity index (χ3n) is 4.28. The average Bonchev–Trinajstić information content (AvgIpc) is 2.72. The van der Waals surface area contributed by atoms with Crippen LogP contribution < -0.4 is 0 Å². The first-order valence-electron chi connectivity index (χ1n) is 6.75. The van der Waals surface area contributed by atoms with Gasteiger partial charge in [-0.1, -0.05) is 6.92 Å². The fraction of sp³-hybridized carbons (Fsp3) is 1.00. The van der Waals surface area contributed by atoms with Gasteiger partial charge >= 0.3 is 0 Å². The predicted octanol–water partition coefficient (Wildman–Crippen LogP) is 2.30. The molecule has 16 heavy (non-hydrogen) atoms. The second-order valence-corrected chi connectivity index (χ2v) is 6.26. The van der Waals surface area contributed by atoms with Crippen molar-refractivity contribution in [2.45, 2.75) is 51.2 Å². The Morgan fingerprint density at radius 2 is 2.19 bits per heavy atom. The van der Waals surface area contributed by atoms with Crippen molar-refractivity contribution in [3.8, 4) is 0 Å². The topological polar surface area (TPSA) is 6.48 Å². The Morgan fingerprint density at radius 1 is 1.38 bits per heavy atom. The van der Waals surface area contributed by atoms with E-state index >= 15 is 0 Å². The lowest BCUT2D eigenvalue weighted by atomic mass is 10.0. The molecule has 0 aromatic rings. The number of thioether (sulfide) groups is 1. The average molecular weight is 242 g/mol. The second kappa shape index (κ2) is 5.74. The molecule has 0 amide bonds. The lowest BCUT2D eigenvalue weighted by molar-refractivity contribution is 0.0334. The summed E-state index contributed by atoms with van der Waals surface area (Å²) < 4.78 is 0. The van der Waals surface area contributed by atoms with Crippen molar-refractivity contribution in [1.82, 2.24) is 9.80 Å². The van der Waals surface area contributed by atoms with Crippen LogP contribution >= 0.6 is 11.8 Å². The first-order chi connectivity index (χ1) is 7.76. The molecule has 2 rings (SSSR count). The Bertz CT molecular complexity index is 222. The molecule has 3 atom stereocenters. The van der Waals surface area contributed by atoms with E-state index in [1.165, 1.54) is 44.6 Å². The highest BCUT2D eigenvalue weighted by atomic mass is 32.2. The third-order valence-corrected chi connectivity index (χ3v) is 5.00. The Hall–Kier alpha value is 0.270. The minimum Gasteiger partial charge on any atom is -0.298 e. The summed E-state index contributed by atoms with van der Waals surface area (Å²) in [5.41, 5.74) is 0. The number of hydrogen-bond donors (Lipinski definition) is 0. The smallest absolute Gasteiger partial charge is 0.0224 e. The quantitative estimate of drug-likeness (QED) is 0.747. The molecule has 0 aliphatic carbocycles. The van der Waals surface area contributed by atoms with Crippen molar-refractivity contribution in [3.05, 3.63) is 0 Å². The Kier molecular flexibility index (Phi) is 4.57. The highest BCUT2D eigenvalue weighted by Gasteiger charge is 2.36. The summed E-state index contributed by atoms with van der Waals surface area (Å²) >= 11 is 2.00. The zero-order valence-electron chi connectivity index (χ0n) is 11.0. The van der Waals surface area contributed by atoms with Gasteiger partial charge in [0.15, 0.2) is 0 Å². The van der Waals surface area contributed by atoms with Crippen molar-refractivity contribution in [2.75, 3.05) is 31.6 Å². The number of fused-ring (bicyclic) bond motifs is 1. The van der Waals surface area contributed by atoms with E-state index in [4.69, 9.17) is 0 Å². The number of nitrogens with zero attached hydrogens (tertiary/aromatic N) is 2. The Balaban J connectivity index is 1.97. The van der Waals surface area contributed by atoms with Gasteiger partial charge in [0.05, 0.1) is 0 Å². The van der Waals surface area contributed by atoms with Gasteiger partial charge in [-0.2, -0.15) is 11.8 Å². The van der Waals surface area contributed by atoms with Crippen molar-refractivity contribution in [2.24, 2.45) is 0 Å². The van der Waals surface area contributed by atoms with Crippen LogP contribution in [0.25, 0.3) is 0 Å². The molecule has 0 N–H and O–H groups in total. The van der Waals surface area contributed by atoms with Gasteiger partial charge in [-0.3, -0.25) is 9.80 Å². The molecule has 0 saturated carbocycles. The third kappa shape index (κ3) is 2.57. The summed E-state index contributed by atoms with van der Waals surface area (Å²) in [4.78, 5) is 5.50. The molecule has 0 radical (unpaired) electrons. The fourth-order valence-corrected chi connectivity index (χ4v) is 4.17. The van der Waals surface area contributed by atoms with E-state index in [0.29, 0.717) is 0 Å². The summed E-state index contributed by atoms with van der Waals surface area (Å²) in [6.07, 6.45) is 6.39. The summed E-state index contributed by atoms with van der Waals surface area (Å²) in [5.74, 6) is 1.30. The van der Waals surface area contributed by atoms with Gasteiger partial charge < -0.3 is 0 Å². The van der Waals surface area contributed by atoms with Crippen LogP contribution in [0.1, 0.15) is 33.1 Å². The van der Waals surface area contributed by atoms with E-state index in [1.54, 1.807) is 0 Å². The standard InChI is InChI=1S/C13H26N2S/c1-4-12(10-16-3)15-9-13-6-5-7-14(13)8-11(15)2/h11-13H,4-10H2,1-3H3. The van der Waals surface area contributed by atoms with Crippen LogP contribution in [0.3, 0.4) is 0 Å². The molecular formula is C13H26N2S. The van der Waals surface area contributed by atoms with Crippen LogP contribution in [-0.2, 0) is 0 Å². The summed E-state index contributed by atoms with van der Waals surface area (Å²) in [5, 5.41) is 0. The molecule has 3 unspecified atom stereocenters. The first kappa shape index (κ1) is 12.7. The van der Waals surface area contributed by atoms with Gasteiger partial charge in [-0.05, 0) is 39.0 Å². The molecule has 3 heteroatoms. The lowest BCUT2D eigenvalue weighted by Gasteiger charge is -2.46. The van der Waals surface area contributed by atoms with Crippen LogP contribution in [0, 0.1) is 0 Å². The van der Waals surface area contributed by atoms with Crippen molar-refractivity contribution < 1.29 is 0 Å². The largest absolute Gasteiger partial charge is 0.298 e. The summed E-state index contributed by atoms with van der Waals surface area (Å²) in [6.45, 7) is 8.73. The Morgan fingerprint density at radius 3 is 2.88 bits per heavy atom. The van der Waals surface area contributed by atoms with Gasteiger partial charge in [0.1, 0.15) is 0 Å². The molecule has 0 aromatic carbocycles. The van der Waals surface area contributed by atoms with Crippen molar-refractivity contribution in [3.63, 3.8) is 0 Å². The SMILES string of the molecule is CCC(CSC)N1CC2CCCN2CC1C. The van der Waals surface area contributed by atoms with Crippen LogP contribution in [0.15, 0.2) is 0 Å². The molecule has 2 fully saturated rings. The van der Waals surface area contributed by atoms with E-state index < -0.39 is 0 Å². The lowest BCUT2D eigenvalue weighted by Crippen LogP contribution is -2.58. The fourth-order valence-electron chi connectivity index (χ4n) is 3.36. The minimum absolute atomic E-state index is 0.756. The van der Waals surface area contributed by atoms with Gasteiger partial charge in [0, 0.05) is 37.0 Å². The molecular weight excluding hydrogens is 216 g/mol. The maximum atomic E-state index is 2.78. The van der Waals surface area contributed by atoms with Gasteiger partial charge in [-0.15, -0.1) is 0 Å². The van der Waals surface area contributed by atoms with Crippen molar-refractivity contribution in [1.29, 1.82) is 0 Å². The van der Waals surface area contributed by atoms with Crippen LogP contribution in [0.4, 0.5) is 0 Å². The molecule has 2 saturated heterocycles. The first-order valence-corrected chi connectivity index (χ1v) is 8.14. The minimum atomic E-state index is 0.756. The van der Waals surface area contributed by atoms with E-state index in [1.807, 2.05) is 11.8 Å².